The summed E-state index contributed by atoms with van der Waals surface area (Å²) in [6, 6.07) is 14.7. The van der Waals surface area contributed by atoms with Crippen molar-refractivity contribution in [2.45, 2.75) is 58.3 Å². The molecule has 0 spiro atoms. The quantitative estimate of drug-likeness (QED) is 0.580. The zero-order valence-corrected chi connectivity index (χ0v) is 18.3. The molecule has 0 aliphatic carbocycles. The van der Waals surface area contributed by atoms with Crippen LogP contribution in [0.15, 0.2) is 54.6 Å². The lowest BCUT2D eigenvalue weighted by Gasteiger charge is -2.23. The van der Waals surface area contributed by atoms with E-state index < -0.39 is 29.8 Å². The number of alkyl carbamates (subject to hydrolysis) is 1. The minimum atomic E-state index is -1.05. The highest BCUT2D eigenvalue weighted by Gasteiger charge is 2.26. The highest BCUT2D eigenvalue weighted by atomic mass is 16.6. The predicted molar refractivity (Wildman–Crippen MR) is 116 cm³/mol. The molecule has 1 amide bonds. The topological polar surface area (TPSA) is 102 Å². The Morgan fingerprint density at radius 1 is 1.00 bits per heavy atom. The molecular formula is C24H29NO6. The summed E-state index contributed by atoms with van der Waals surface area (Å²) in [5.74, 6) is -0.982. The van der Waals surface area contributed by atoms with Crippen LogP contribution in [0.2, 0.25) is 0 Å². The SMILES string of the molecule is CC[C@H](Oc1ccc(C(=O)C(Cc2ccccc2)NC(=O)OC(C)(C)C)cc1)C(=O)O. The number of hydrogen-bond donors (Lipinski definition) is 2. The van der Waals surface area contributed by atoms with Gasteiger partial charge in [-0.15, -0.1) is 0 Å². The van der Waals surface area contributed by atoms with Gasteiger partial charge in [0, 0.05) is 12.0 Å². The van der Waals surface area contributed by atoms with Gasteiger partial charge in [0.25, 0.3) is 0 Å². The van der Waals surface area contributed by atoms with E-state index >= 15 is 0 Å². The first-order chi connectivity index (χ1) is 14.6. The van der Waals surface area contributed by atoms with Crippen LogP contribution in [-0.2, 0) is 16.0 Å². The summed E-state index contributed by atoms with van der Waals surface area (Å²) < 4.78 is 10.7. The first kappa shape index (κ1) is 23.9. The van der Waals surface area contributed by atoms with Gasteiger partial charge in [-0.2, -0.15) is 0 Å². The molecule has 7 nitrogen and oxygen atoms in total. The average molecular weight is 427 g/mol. The van der Waals surface area contributed by atoms with E-state index in [2.05, 4.69) is 5.32 Å². The summed E-state index contributed by atoms with van der Waals surface area (Å²) in [6.07, 6.45) is -1.02. The van der Waals surface area contributed by atoms with Crippen LogP contribution >= 0.6 is 0 Å². The molecule has 0 aromatic heterocycles. The number of amides is 1. The molecule has 2 aromatic rings. The number of hydrogen-bond acceptors (Lipinski definition) is 5. The van der Waals surface area contributed by atoms with Crippen LogP contribution in [0.1, 0.15) is 50.0 Å². The molecule has 0 aliphatic heterocycles. The lowest BCUT2D eigenvalue weighted by atomic mass is 9.97. The second-order valence-corrected chi connectivity index (χ2v) is 8.13. The number of nitrogens with one attached hydrogen (secondary N) is 1. The van der Waals surface area contributed by atoms with Crippen molar-refractivity contribution in [1.82, 2.24) is 5.32 Å². The van der Waals surface area contributed by atoms with Gasteiger partial charge in [0.2, 0.25) is 0 Å². The van der Waals surface area contributed by atoms with Crippen molar-refractivity contribution < 1.29 is 29.0 Å². The Kier molecular flexibility index (Phi) is 8.19. The summed E-state index contributed by atoms with van der Waals surface area (Å²) in [7, 11) is 0. The molecule has 2 rings (SSSR count). The van der Waals surface area contributed by atoms with Crippen LogP contribution in [0.25, 0.3) is 0 Å². The van der Waals surface area contributed by atoms with E-state index in [1.807, 2.05) is 30.3 Å². The van der Waals surface area contributed by atoms with Crippen molar-refractivity contribution in [3.8, 4) is 5.75 Å². The van der Waals surface area contributed by atoms with Crippen molar-refractivity contribution in [3.63, 3.8) is 0 Å². The molecule has 0 radical (unpaired) electrons. The molecule has 0 heterocycles. The number of carbonyl (C=O) groups excluding carboxylic acids is 2. The normalized spacial score (nSPS) is 13.0. The highest BCUT2D eigenvalue weighted by molar-refractivity contribution is 6.01. The van der Waals surface area contributed by atoms with Crippen LogP contribution < -0.4 is 10.1 Å². The summed E-state index contributed by atoms with van der Waals surface area (Å²) in [5, 5.41) is 11.8. The van der Waals surface area contributed by atoms with E-state index in [1.165, 1.54) is 0 Å². The van der Waals surface area contributed by atoms with Gasteiger partial charge in [-0.3, -0.25) is 4.79 Å². The van der Waals surface area contributed by atoms with E-state index in [0.717, 1.165) is 5.56 Å². The molecule has 0 saturated carbocycles. The predicted octanol–water partition coefficient (Wildman–Crippen LogP) is 4.25. The molecule has 7 heteroatoms. The molecular weight excluding hydrogens is 398 g/mol. The zero-order chi connectivity index (χ0) is 23.0. The molecule has 2 N–H and O–H groups in total. The second-order valence-electron chi connectivity index (χ2n) is 8.13. The van der Waals surface area contributed by atoms with Gasteiger partial charge in [-0.1, -0.05) is 37.3 Å². The maximum absolute atomic E-state index is 13.1. The fourth-order valence-corrected chi connectivity index (χ4v) is 2.88. The third kappa shape index (κ3) is 7.77. The Morgan fingerprint density at radius 2 is 1.61 bits per heavy atom. The molecule has 166 valence electrons. The number of ketones is 1. The lowest BCUT2D eigenvalue weighted by Crippen LogP contribution is -2.44. The van der Waals surface area contributed by atoms with Crippen LogP contribution in [0.5, 0.6) is 5.75 Å². The molecule has 1 unspecified atom stereocenters. The molecule has 31 heavy (non-hydrogen) atoms. The van der Waals surface area contributed by atoms with Gasteiger partial charge >= 0.3 is 12.1 Å². The minimum Gasteiger partial charge on any atom is -0.479 e. The zero-order valence-electron chi connectivity index (χ0n) is 18.3. The summed E-state index contributed by atoms with van der Waals surface area (Å²) in [6.45, 7) is 6.97. The molecule has 0 bridgehead atoms. The Bertz CT molecular complexity index is 887. The third-order valence-electron chi connectivity index (χ3n) is 4.35. The van der Waals surface area contributed by atoms with Crippen molar-refractivity contribution in [2.24, 2.45) is 0 Å². The molecule has 0 fully saturated rings. The Hall–Kier alpha value is -3.35. The van der Waals surface area contributed by atoms with Gasteiger partial charge in [-0.05, 0) is 57.0 Å². The second kappa shape index (κ2) is 10.6. The fraction of sp³-hybridized carbons (Fsp3) is 0.375. The summed E-state index contributed by atoms with van der Waals surface area (Å²) in [5.41, 5.74) is 0.570. The number of carboxylic acids is 1. The van der Waals surface area contributed by atoms with Crippen molar-refractivity contribution in [1.29, 1.82) is 0 Å². The largest absolute Gasteiger partial charge is 0.479 e. The number of Topliss-reactive ketones (excluding diaryl/α,β-unsaturated/α-hetero) is 1. The smallest absolute Gasteiger partial charge is 0.408 e. The lowest BCUT2D eigenvalue weighted by molar-refractivity contribution is -0.145. The van der Waals surface area contributed by atoms with Crippen LogP contribution in [0.4, 0.5) is 4.79 Å². The van der Waals surface area contributed by atoms with Crippen LogP contribution in [-0.4, -0.2) is 40.7 Å². The number of benzene rings is 2. The van der Waals surface area contributed by atoms with Crippen LogP contribution in [0.3, 0.4) is 0 Å². The number of aliphatic carboxylic acids is 1. The van der Waals surface area contributed by atoms with Crippen molar-refractivity contribution >= 4 is 17.8 Å². The first-order valence-corrected chi connectivity index (χ1v) is 10.2. The third-order valence-corrected chi connectivity index (χ3v) is 4.35. The Labute approximate surface area is 182 Å². The summed E-state index contributed by atoms with van der Waals surface area (Å²) in [4.78, 5) is 36.6. The van der Waals surface area contributed by atoms with E-state index in [1.54, 1.807) is 52.0 Å². The van der Waals surface area contributed by atoms with Gasteiger partial charge in [0.1, 0.15) is 11.4 Å². The van der Waals surface area contributed by atoms with E-state index in [9.17, 15) is 14.4 Å². The van der Waals surface area contributed by atoms with Crippen molar-refractivity contribution in [2.75, 3.05) is 0 Å². The average Bonchev–Trinajstić information content (AvgIpc) is 2.70. The number of rotatable bonds is 9. The van der Waals surface area contributed by atoms with E-state index in [-0.39, 0.29) is 5.78 Å². The van der Waals surface area contributed by atoms with Crippen LogP contribution in [0, 0.1) is 0 Å². The van der Waals surface area contributed by atoms with E-state index in [4.69, 9.17) is 14.6 Å². The van der Waals surface area contributed by atoms with E-state index in [0.29, 0.717) is 24.2 Å². The Balaban J connectivity index is 2.19. The molecule has 0 saturated heterocycles. The summed E-state index contributed by atoms with van der Waals surface area (Å²) >= 11 is 0. The standard InChI is InChI=1S/C24H29NO6/c1-5-20(22(27)28)30-18-13-11-17(12-14-18)21(26)19(15-16-9-7-6-8-10-16)25-23(29)31-24(2,3)4/h6-14,19-20H,5,15H2,1-4H3,(H,25,29)(H,27,28)/t19?,20-/m0/s1. The van der Waals surface area contributed by atoms with Gasteiger partial charge in [0.05, 0.1) is 6.04 Å². The molecule has 0 aliphatic rings. The molecule has 2 atom stereocenters. The highest BCUT2D eigenvalue weighted by Crippen LogP contribution is 2.18. The monoisotopic (exact) mass is 427 g/mol. The van der Waals surface area contributed by atoms with Gasteiger partial charge < -0.3 is 19.9 Å². The van der Waals surface area contributed by atoms with Gasteiger partial charge in [-0.25, -0.2) is 9.59 Å². The maximum atomic E-state index is 13.1. The number of carbonyl (C=O) groups is 3. The fourth-order valence-electron chi connectivity index (χ4n) is 2.88. The Morgan fingerprint density at radius 3 is 2.13 bits per heavy atom. The van der Waals surface area contributed by atoms with Crippen molar-refractivity contribution in [3.05, 3.63) is 65.7 Å². The maximum Gasteiger partial charge on any atom is 0.408 e. The first-order valence-electron chi connectivity index (χ1n) is 10.2. The van der Waals surface area contributed by atoms with Gasteiger partial charge in [0.15, 0.2) is 11.9 Å². The minimum absolute atomic E-state index is 0.286. The number of ether oxygens (including phenoxy) is 2. The number of carboxylic acid groups (broad SMARTS) is 1. The molecule has 2 aromatic carbocycles.